The Morgan fingerprint density at radius 3 is 2.25 bits per heavy atom. The Hall–Kier alpha value is -3.42. The molecule has 0 heterocycles. The van der Waals surface area contributed by atoms with Crippen LogP contribution in [0.1, 0.15) is 18.1 Å². The number of nitrogens with zero attached hydrogens (tertiary/aromatic N) is 2. The Morgan fingerprint density at radius 1 is 1.16 bits per heavy atom. The molecule has 0 amide bonds. The number of halogens is 3. The van der Waals surface area contributed by atoms with Gasteiger partial charge in [0.15, 0.2) is 5.54 Å². The summed E-state index contributed by atoms with van der Waals surface area (Å²) in [5, 5.41) is 32.7. The molecule has 0 fully saturated rings. The van der Waals surface area contributed by atoms with Crippen LogP contribution in [0.4, 0.5) is 13.2 Å². The minimum absolute atomic E-state index is 0. The average Bonchev–Trinajstić information content (AvgIpc) is 3.48. The number of allylic oxidation sites excluding steroid dienone is 5. The van der Waals surface area contributed by atoms with Gasteiger partial charge in [-0.15, -0.1) is 0 Å². The van der Waals surface area contributed by atoms with Crippen LogP contribution in [0.5, 0.6) is 5.75 Å². The molecule has 2 aromatic carbocycles. The number of hydrogen-bond donors (Lipinski definition) is 1. The van der Waals surface area contributed by atoms with E-state index in [2.05, 4.69) is 5.32 Å². The Morgan fingerprint density at radius 2 is 1.78 bits per heavy atom. The zero-order valence-electron chi connectivity index (χ0n) is 16.8. The topological polar surface area (TPSA) is 91.9 Å². The molecule has 0 saturated heterocycles. The van der Waals surface area contributed by atoms with Crippen molar-refractivity contribution < 1.29 is 42.5 Å². The normalized spacial score (nSPS) is 13.5. The van der Waals surface area contributed by atoms with Crippen LogP contribution < -0.4 is 15.2 Å². The Bertz CT molecular complexity index is 1030. The van der Waals surface area contributed by atoms with Gasteiger partial charge in [0.1, 0.15) is 12.4 Å². The third kappa shape index (κ3) is 7.68. The first kappa shape index (κ1) is 26.6. The van der Waals surface area contributed by atoms with Crippen LogP contribution >= 0.6 is 0 Å². The molecule has 9 heteroatoms. The summed E-state index contributed by atoms with van der Waals surface area (Å²) in [5.74, 6) is -1.13. The molecule has 0 bridgehead atoms. The fourth-order valence-electron chi connectivity index (χ4n) is 2.43. The molecule has 1 N–H and O–H groups in total. The molecule has 1 aliphatic rings. The van der Waals surface area contributed by atoms with Crippen LogP contribution in [-0.2, 0) is 25.7 Å². The van der Waals surface area contributed by atoms with Crippen molar-refractivity contribution in [3.63, 3.8) is 0 Å². The van der Waals surface area contributed by atoms with Gasteiger partial charge in [-0.1, -0.05) is 24.3 Å². The number of nitrogens with one attached hydrogen (secondary N) is 1. The van der Waals surface area contributed by atoms with Crippen molar-refractivity contribution in [2.24, 2.45) is 0 Å². The van der Waals surface area contributed by atoms with Crippen LogP contribution in [0.3, 0.4) is 0 Å². The molecular weight excluding hydrogens is 508 g/mol. The molecule has 0 radical (unpaired) electrons. The minimum Gasteiger partial charge on any atom is -0.860 e. The van der Waals surface area contributed by atoms with Gasteiger partial charge in [0.05, 0.1) is 23.3 Å². The molecule has 2 aromatic rings. The predicted molar refractivity (Wildman–Crippen MR) is 106 cm³/mol. The first-order valence-corrected chi connectivity index (χ1v) is 9.05. The third-order valence-corrected chi connectivity index (χ3v) is 4.05. The number of ether oxygens (including phenoxy) is 1. The number of nitriles is 2. The van der Waals surface area contributed by atoms with Crippen molar-refractivity contribution in [1.82, 2.24) is 5.32 Å². The Balaban J connectivity index is 0.000000750. The monoisotopic (exact) mass is 527 g/mol. The third-order valence-electron chi connectivity index (χ3n) is 4.05. The SMILES string of the molecule is CC(C#N)(COc1cc(C#N)ccc1C(F)(F)F)NC([O-])=C1C=CC=C1.[Ru+2].c1cc[cH-]c1. The minimum atomic E-state index is -4.69. The van der Waals surface area contributed by atoms with Gasteiger partial charge in [-0.05, 0) is 36.6 Å². The largest absolute Gasteiger partial charge is 2.00 e. The van der Waals surface area contributed by atoms with Gasteiger partial charge in [0.2, 0.25) is 0 Å². The summed E-state index contributed by atoms with van der Waals surface area (Å²) in [5.41, 5.74) is -2.35. The second-order valence-electron chi connectivity index (χ2n) is 6.64. The Labute approximate surface area is 196 Å². The fourth-order valence-corrected chi connectivity index (χ4v) is 2.43. The van der Waals surface area contributed by atoms with E-state index in [1.54, 1.807) is 18.2 Å². The van der Waals surface area contributed by atoms with E-state index in [0.29, 0.717) is 5.57 Å². The van der Waals surface area contributed by atoms with E-state index in [1.807, 2.05) is 36.4 Å². The van der Waals surface area contributed by atoms with Crippen LogP contribution in [0, 0.1) is 22.7 Å². The van der Waals surface area contributed by atoms with E-state index in [4.69, 9.17) is 10.00 Å². The summed E-state index contributed by atoms with van der Waals surface area (Å²) in [6.45, 7) is 0.795. The smallest absolute Gasteiger partial charge is 0.860 e. The number of benzene rings is 1. The molecule has 0 aliphatic heterocycles. The van der Waals surface area contributed by atoms with Gasteiger partial charge < -0.3 is 15.2 Å². The summed E-state index contributed by atoms with van der Waals surface area (Å²) < 4.78 is 44.4. The van der Waals surface area contributed by atoms with E-state index in [9.17, 15) is 23.5 Å². The van der Waals surface area contributed by atoms with Gasteiger partial charge in [-0.25, -0.2) is 12.1 Å². The second-order valence-corrected chi connectivity index (χ2v) is 6.64. The molecule has 32 heavy (non-hydrogen) atoms. The van der Waals surface area contributed by atoms with Crippen molar-refractivity contribution >= 4 is 0 Å². The first-order valence-electron chi connectivity index (χ1n) is 9.05. The molecule has 5 nitrogen and oxygen atoms in total. The molecule has 0 spiro atoms. The van der Waals surface area contributed by atoms with Crippen LogP contribution in [-0.4, -0.2) is 12.1 Å². The van der Waals surface area contributed by atoms with Crippen molar-refractivity contribution in [2.45, 2.75) is 18.6 Å². The second kappa shape index (κ2) is 11.8. The molecule has 0 aromatic heterocycles. The molecule has 3 rings (SSSR count). The zero-order chi connectivity index (χ0) is 22.9. The fraction of sp³-hybridized carbons (Fsp3) is 0.174. The maximum atomic E-state index is 13.1. The molecule has 0 saturated carbocycles. The van der Waals surface area contributed by atoms with Gasteiger partial charge >= 0.3 is 25.7 Å². The van der Waals surface area contributed by atoms with Crippen molar-refractivity contribution in [2.75, 3.05) is 6.61 Å². The van der Waals surface area contributed by atoms with Crippen molar-refractivity contribution in [3.8, 4) is 17.9 Å². The summed E-state index contributed by atoms with van der Waals surface area (Å²) in [7, 11) is 0. The molecule has 1 unspecified atom stereocenters. The van der Waals surface area contributed by atoms with Crippen molar-refractivity contribution in [3.05, 3.63) is 95.4 Å². The number of alkyl halides is 3. The molecular formula is C23H18F3N3O2Ru. The van der Waals surface area contributed by atoms with E-state index in [-0.39, 0.29) is 25.0 Å². The molecule has 1 aliphatic carbocycles. The molecule has 166 valence electrons. The van der Waals surface area contributed by atoms with E-state index in [1.165, 1.54) is 19.1 Å². The van der Waals surface area contributed by atoms with Gasteiger partial charge in [-0.3, -0.25) is 0 Å². The van der Waals surface area contributed by atoms with Crippen LogP contribution in [0.2, 0.25) is 0 Å². The molecule has 1 atom stereocenters. The van der Waals surface area contributed by atoms with Gasteiger partial charge in [0, 0.05) is 0 Å². The van der Waals surface area contributed by atoms with E-state index < -0.39 is 35.5 Å². The van der Waals surface area contributed by atoms with Crippen molar-refractivity contribution in [1.29, 1.82) is 10.5 Å². The standard InChI is InChI=1S/C18H14F3N3O2.C5H5.Ru/c1-17(10-23,24-16(25)13-4-2-3-5-13)11-26-15-8-12(9-22)6-7-14(15)18(19,20)21;1-2-4-5-3-1;/h2-8,24-25H,11H2,1H3;1-5H;/q;-1;+2/p-1. The van der Waals surface area contributed by atoms with E-state index >= 15 is 0 Å². The maximum absolute atomic E-state index is 13.1. The van der Waals surface area contributed by atoms with Crippen LogP contribution in [0.15, 0.2) is 84.3 Å². The van der Waals surface area contributed by atoms with Crippen LogP contribution in [0.25, 0.3) is 0 Å². The maximum Gasteiger partial charge on any atom is 2.00 e. The van der Waals surface area contributed by atoms with Gasteiger partial charge in [0.25, 0.3) is 0 Å². The Kier molecular flexibility index (Phi) is 9.84. The van der Waals surface area contributed by atoms with E-state index in [0.717, 1.165) is 18.2 Å². The number of hydrogen-bond acceptors (Lipinski definition) is 5. The summed E-state index contributed by atoms with van der Waals surface area (Å²) >= 11 is 0. The average molecular weight is 526 g/mol. The summed E-state index contributed by atoms with van der Waals surface area (Å²) in [4.78, 5) is 0. The number of rotatable bonds is 5. The predicted octanol–water partition coefficient (Wildman–Crippen LogP) is 3.93. The summed E-state index contributed by atoms with van der Waals surface area (Å²) in [6.07, 6.45) is 1.65. The quantitative estimate of drug-likeness (QED) is 0.362. The first-order chi connectivity index (χ1) is 14.7. The zero-order valence-corrected chi connectivity index (χ0v) is 18.6. The summed E-state index contributed by atoms with van der Waals surface area (Å²) in [6, 6.07) is 16.3. The van der Waals surface area contributed by atoms with Gasteiger partial charge in [-0.2, -0.15) is 41.9 Å².